The van der Waals surface area contributed by atoms with E-state index in [0.717, 1.165) is 70.6 Å². The van der Waals surface area contributed by atoms with Crippen LogP contribution in [0.25, 0.3) is 0 Å². The molecule has 3 N–H and O–H groups in total. The zero-order valence-corrected chi connectivity index (χ0v) is 43.5. The van der Waals surface area contributed by atoms with E-state index in [1.54, 1.807) is 6.08 Å². The zero-order chi connectivity index (χ0) is 47.2. The standard InChI is InChI=1S/C59H111NO5/c1-3-5-7-9-11-13-15-17-19-20-21-22-23-24-25-26-27-28-29-30-32-35-39-43-47-51-57(62)56(55-61)60-58(63)52-48-44-40-36-34-38-42-46-50-54-65-59(64)53-49-45-41-37-33-31-18-16-14-12-10-8-6-4-2/h16,18,36,40,47,51,56-57,61-62H,3-15,17,19-35,37-39,41-46,48-50,52-55H2,1-2H3,(H,60,63)/b18-16-,40-36-,51-47+. The molecule has 0 aromatic carbocycles. The molecule has 0 aliphatic carbocycles. The Labute approximate surface area is 404 Å². The molecule has 0 saturated heterocycles. The van der Waals surface area contributed by atoms with Gasteiger partial charge in [0, 0.05) is 12.8 Å². The van der Waals surface area contributed by atoms with Crippen LogP contribution in [0.5, 0.6) is 0 Å². The average Bonchev–Trinajstić information content (AvgIpc) is 3.31. The number of aliphatic hydroxyl groups excluding tert-OH is 2. The number of aliphatic hydroxyl groups is 2. The minimum Gasteiger partial charge on any atom is -0.466 e. The smallest absolute Gasteiger partial charge is 0.305 e. The Morgan fingerprint density at radius 3 is 1.12 bits per heavy atom. The van der Waals surface area contributed by atoms with E-state index in [-0.39, 0.29) is 18.5 Å². The maximum Gasteiger partial charge on any atom is 0.305 e. The lowest BCUT2D eigenvalue weighted by molar-refractivity contribution is -0.143. The summed E-state index contributed by atoms with van der Waals surface area (Å²) in [6, 6.07) is -0.667. The van der Waals surface area contributed by atoms with Gasteiger partial charge in [0.1, 0.15) is 0 Å². The van der Waals surface area contributed by atoms with Crippen molar-refractivity contribution in [3.63, 3.8) is 0 Å². The molecule has 0 aromatic heterocycles. The van der Waals surface area contributed by atoms with Gasteiger partial charge in [-0.1, -0.05) is 249 Å². The second-order valence-corrected chi connectivity index (χ2v) is 19.6. The molecule has 0 bridgehead atoms. The molecule has 1 amide bonds. The van der Waals surface area contributed by atoms with Gasteiger partial charge < -0.3 is 20.3 Å². The molecule has 0 radical (unpaired) electrons. The van der Waals surface area contributed by atoms with Gasteiger partial charge in [-0.05, 0) is 77.0 Å². The normalized spacial score (nSPS) is 12.9. The van der Waals surface area contributed by atoms with Gasteiger partial charge in [-0.2, -0.15) is 0 Å². The van der Waals surface area contributed by atoms with Gasteiger partial charge in [-0.15, -0.1) is 0 Å². The van der Waals surface area contributed by atoms with Crippen LogP contribution in [0.2, 0.25) is 0 Å². The molecule has 0 saturated carbocycles. The second-order valence-electron chi connectivity index (χ2n) is 19.6. The SMILES string of the molecule is CCCCCCC/C=C\CCCCCCCC(=O)OCCCCCC/C=C\CCCC(=O)NC(CO)C(O)/C=C/CCCCCCCCCCCCCCCCCCCCCCCCC. The van der Waals surface area contributed by atoms with Crippen LogP contribution in [0.1, 0.15) is 303 Å². The molecule has 0 aliphatic heterocycles. The number of amides is 1. The van der Waals surface area contributed by atoms with Crippen LogP contribution in [0.4, 0.5) is 0 Å². The van der Waals surface area contributed by atoms with Gasteiger partial charge in [0.05, 0.1) is 25.4 Å². The van der Waals surface area contributed by atoms with Gasteiger partial charge in [0.25, 0.3) is 0 Å². The number of rotatable bonds is 53. The Hall–Kier alpha value is -1.92. The number of esters is 1. The van der Waals surface area contributed by atoms with E-state index in [0.29, 0.717) is 19.4 Å². The molecule has 2 unspecified atom stereocenters. The lowest BCUT2D eigenvalue weighted by Crippen LogP contribution is -2.45. The van der Waals surface area contributed by atoms with Crippen LogP contribution in [-0.2, 0) is 14.3 Å². The van der Waals surface area contributed by atoms with E-state index >= 15 is 0 Å². The number of ether oxygens (including phenoxy) is 1. The van der Waals surface area contributed by atoms with E-state index in [1.807, 2.05) is 6.08 Å². The lowest BCUT2D eigenvalue weighted by atomic mass is 10.0. The van der Waals surface area contributed by atoms with Gasteiger partial charge in [0.2, 0.25) is 5.91 Å². The number of hydrogen-bond donors (Lipinski definition) is 3. The minimum atomic E-state index is -0.877. The largest absolute Gasteiger partial charge is 0.466 e. The number of carbonyl (C=O) groups is 2. The summed E-state index contributed by atoms with van der Waals surface area (Å²) in [6.07, 6.45) is 67.5. The van der Waals surface area contributed by atoms with Gasteiger partial charge in [-0.25, -0.2) is 0 Å². The number of allylic oxidation sites excluding steroid dienone is 5. The summed E-state index contributed by atoms with van der Waals surface area (Å²) >= 11 is 0. The zero-order valence-electron chi connectivity index (χ0n) is 43.5. The Balaban J connectivity index is 3.56. The summed E-state index contributed by atoms with van der Waals surface area (Å²) < 4.78 is 5.43. The van der Waals surface area contributed by atoms with Crippen molar-refractivity contribution >= 4 is 11.9 Å². The number of unbranched alkanes of at least 4 members (excludes halogenated alkanes) is 38. The van der Waals surface area contributed by atoms with Crippen molar-refractivity contribution in [2.24, 2.45) is 0 Å². The van der Waals surface area contributed by atoms with Crippen molar-refractivity contribution in [1.29, 1.82) is 0 Å². The first kappa shape index (κ1) is 63.1. The fourth-order valence-electron chi connectivity index (χ4n) is 8.69. The lowest BCUT2D eigenvalue weighted by Gasteiger charge is -2.19. The summed E-state index contributed by atoms with van der Waals surface area (Å²) in [5.74, 6) is -0.173. The molecular formula is C59H111NO5. The highest BCUT2D eigenvalue weighted by molar-refractivity contribution is 5.76. The summed E-state index contributed by atoms with van der Waals surface area (Å²) in [5, 5.41) is 23.1. The molecule has 0 aromatic rings. The number of nitrogens with one attached hydrogen (secondary N) is 1. The van der Waals surface area contributed by atoms with Crippen LogP contribution < -0.4 is 5.32 Å². The first-order valence-corrected chi connectivity index (χ1v) is 28.8. The van der Waals surface area contributed by atoms with Crippen molar-refractivity contribution < 1.29 is 24.5 Å². The van der Waals surface area contributed by atoms with E-state index in [9.17, 15) is 19.8 Å². The van der Waals surface area contributed by atoms with Crippen LogP contribution in [0.15, 0.2) is 36.5 Å². The van der Waals surface area contributed by atoms with E-state index in [2.05, 4.69) is 43.5 Å². The fourth-order valence-corrected chi connectivity index (χ4v) is 8.69. The molecule has 0 fully saturated rings. The van der Waals surface area contributed by atoms with Crippen molar-refractivity contribution in [1.82, 2.24) is 5.32 Å². The molecular weight excluding hydrogens is 803 g/mol. The number of carbonyl (C=O) groups excluding carboxylic acids is 2. The van der Waals surface area contributed by atoms with Crippen LogP contribution in [0, 0.1) is 0 Å². The Bertz CT molecular complexity index is 1060. The van der Waals surface area contributed by atoms with Crippen molar-refractivity contribution in [2.45, 2.75) is 315 Å². The predicted octanol–water partition coefficient (Wildman–Crippen LogP) is 17.6. The summed E-state index contributed by atoms with van der Waals surface area (Å²) in [5.41, 5.74) is 0. The molecule has 0 spiro atoms. The van der Waals surface area contributed by atoms with Crippen molar-refractivity contribution in [3.05, 3.63) is 36.5 Å². The first-order valence-electron chi connectivity index (χ1n) is 28.8. The first-order chi connectivity index (χ1) is 32.0. The molecule has 2 atom stereocenters. The third-order valence-corrected chi connectivity index (χ3v) is 13.1. The molecule has 6 heteroatoms. The molecule has 6 nitrogen and oxygen atoms in total. The van der Waals surface area contributed by atoms with E-state index in [4.69, 9.17) is 4.74 Å². The highest BCUT2D eigenvalue weighted by Crippen LogP contribution is 2.17. The Morgan fingerprint density at radius 2 is 0.738 bits per heavy atom. The maximum absolute atomic E-state index is 12.5. The van der Waals surface area contributed by atoms with Crippen LogP contribution in [0.3, 0.4) is 0 Å². The third-order valence-electron chi connectivity index (χ3n) is 13.1. The second kappa shape index (κ2) is 54.7. The highest BCUT2D eigenvalue weighted by atomic mass is 16.5. The Morgan fingerprint density at radius 1 is 0.415 bits per heavy atom. The Kier molecular flexibility index (Phi) is 53.1. The van der Waals surface area contributed by atoms with Crippen molar-refractivity contribution in [2.75, 3.05) is 13.2 Å². The van der Waals surface area contributed by atoms with Gasteiger partial charge in [0.15, 0.2) is 0 Å². The molecule has 0 rings (SSSR count). The van der Waals surface area contributed by atoms with Crippen LogP contribution >= 0.6 is 0 Å². The summed E-state index contributed by atoms with van der Waals surface area (Å²) in [6.45, 7) is 4.81. The van der Waals surface area contributed by atoms with Crippen molar-refractivity contribution in [3.8, 4) is 0 Å². The minimum absolute atomic E-state index is 0.0462. The predicted molar refractivity (Wildman–Crippen MR) is 283 cm³/mol. The highest BCUT2D eigenvalue weighted by Gasteiger charge is 2.18. The molecule has 0 heterocycles. The maximum atomic E-state index is 12.5. The molecule has 0 aliphatic rings. The quantitative estimate of drug-likeness (QED) is 0.0321. The van der Waals surface area contributed by atoms with Crippen LogP contribution in [-0.4, -0.2) is 47.4 Å². The van der Waals surface area contributed by atoms with Gasteiger partial charge in [-0.3, -0.25) is 9.59 Å². The summed E-state index contributed by atoms with van der Waals surface area (Å²) in [7, 11) is 0. The molecule has 65 heavy (non-hydrogen) atoms. The van der Waals surface area contributed by atoms with Gasteiger partial charge >= 0.3 is 5.97 Å². The monoisotopic (exact) mass is 914 g/mol. The van der Waals surface area contributed by atoms with E-state index in [1.165, 1.54) is 205 Å². The fraction of sp³-hybridized carbons (Fsp3) is 0.864. The molecule has 382 valence electrons. The number of hydrogen-bond acceptors (Lipinski definition) is 5. The topological polar surface area (TPSA) is 95.9 Å². The average molecular weight is 915 g/mol. The van der Waals surface area contributed by atoms with E-state index < -0.39 is 12.1 Å². The summed E-state index contributed by atoms with van der Waals surface area (Å²) in [4.78, 5) is 24.5. The third kappa shape index (κ3) is 51.3.